The van der Waals surface area contributed by atoms with Crippen molar-refractivity contribution in [1.29, 1.82) is 0 Å². The Labute approximate surface area is 430 Å². The number of fused-ring (bicyclic) bond motifs is 2. The molecule has 73 heavy (non-hydrogen) atoms. The highest BCUT2D eigenvalue weighted by Crippen LogP contribution is 2.42. The number of rotatable bonds is 37. The van der Waals surface area contributed by atoms with E-state index in [-0.39, 0.29) is 47.7 Å². The van der Waals surface area contributed by atoms with Gasteiger partial charge in [-0.05, 0) is 138 Å². The van der Waals surface area contributed by atoms with E-state index < -0.39 is 26.4 Å². The van der Waals surface area contributed by atoms with Gasteiger partial charge < -0.3 is 36.8 Å². The van der Waals surface area contributed by atoms with Gasteiger partial charge in [-0.3, -0.25) is 9.59 Å². The molecule has 0 atom stereocenters. The molecule has 4 aromatic rings. The quantitative estimate of drug-likeness (QED) is 0.0186. The summed E-state index contributed by atoms with van der Waals surface area (Å²) in [7, 11) is -0.695. The van der Waals surface area contributed by atoms with Gasteiger partial charge in [0.1, 0.15) is 0 Å². The molecule has 0 unspecified atom stereocenters. The Morgan fingerprint density at radius 3 is 1.63 bits per heavy atom. The number of benzene rings is 4. The van der Waals surface area contributed by atoms with Crippen molar-refractivity contribution in [1.82, 2.24) is 36.2 Å². The number of halogens is 3. The zero-order valence-corrected chi connectivity index (χ0v) is 44.7. The maximum Gasteiger partial charge on any atom is 0.538 e. The zero-order chi connectivity index (χ0) is 53.3. The molecule has 408 valence electrons. The number of sulfonamides is 2. The molecule has 0 saturated heterocycles. The number of nitrogens with zero attached hydrogens (tertiary/aromatic N) is 2. The van der Waals surface area contributed by atoms with E-state index in [1.54, 1.807) is 24.3 Å². The lowest BCUT2D eigenvalue weighted by Gasteiger charge is -2.22. The fourth-order valence-electron chi connectivity index (χ4n) is 8.34. The van der Waals surface area contributed by atoms with E-state index in [1.807, 2.05) is 79.9 Å². The highest BCUT2D eigenvalue weighted by atomic mass is 32.2. The molecule has 2 amide bonds. The van der Waals surface area contributed by atoms with Crippen LogP contribution in [0.15, 0.2) is 70.5 Å². The summed E-state index contributed by atoms with van der Waals surface area (Å²) in [4.78, 5) is 32.3. The van der Waals surface area contributed by atoms with Gasteiger partial charge in [0.05, 0.1) is 9.79 Å². The number of nitrogens with one attached hydrogen (secondary N) is 7. The van der Waals surface area contributed by atoms with Crippen LogP contribution in [0.2, 0.25) is 0 Å². The lowest BCUT2D eigenvalue weighted by atomic mass is 9.94. The Balaban J connectivity index is 1.39. The van der Waals surface area contributed by atoms with Gasteiger partial charge in [-0.1, -0.05) is 43.2 Å². The van der Waals surface area contributed by atoms with Crippen molar-refractivity contribution < 1.29 is 44.4 Å². The van der Waals surface area contributed by atoms with Crippen LogP contribution in [-0.4, -0.2) is 129 Å². The Morgan fingerprint density at radius 2 is 1.05 bits per heavy atom. The molecule has 4 aromatic carbocycles. The van der Waals surface area contributed by atoms with Crippen molar-refractivity contribution in [2.75, 3.05) is 103 Å². The summed E-state index contributed by atoms with van der Waals surface area (Å²) in [6.07, 6.45) is 4.11. The van der Waals surface area contributed by atoms with Gasteiger partial charge in [0.15, 0.2) is 0 Å². The van der Waals surface area contributed by atoms with Crippen molar-refractivity contribution in [2.45, 2.75) is 106 Å². The fourth-order valence-corrected chi connectivity index (χ4v) is 11.0. The van der Waals surface area contributed by atoms with Gasteiger partial charge in [0.25, 0.3) is 0 Å². The monoisotopic (exact) mass is 1060 g/mol. The van der Waals surface area contributed by atoms with E-state index in [9.17, 15) is 39.6 Å². The molecule has 0 aliphatic carbocycles. The van der Waals surface area contributed by atoms with Gasteiger partial charge >= 0.3 is 6.36 Å². The van der Waals surface area contributed by atoms with Crippen molar-refractivity contribution in [3.63, 3.8) is 0 Å². The van der Waals surface area contributed by atoms with Crippen molar-refractivity contribution in [3.8, 4) is 11.1 Å². The number of anilines is 2. The Morgan fingerprint density at radius 1 is 0.548 bits per heavy atom. The first-order chi connectivity index (χ1) is 34.9. The molecular formula is C51H79F3N10O7S2. The smallest absolute Gasteiger partial charge is 0.377 e. The molecule has 0 heterocycles. The van der Waals surface area contributed by atoms with Crippen LogP contribution in [0.3, 0.4) is 0 Å². The summed E-state index contributed by atoms with van der Waals surface area (Å²) in [5.41, 5.74) is 10.0. The number of hydrogen-bond donors (Lipinski definition) is 8. The average Bonchev–Trinajstić information content (AvgIpc) is 3.34. The lowest BCUT2D eigenvalue weighted by Crippen LogP contribution is -2.28. The lowest BCUT2D eigenvalue weighted by molar-refractivity contribution is -0.350. The second-order valence-corrected chi connectivity index (χ2v) is 21.9. The maximum atomic E-state index is 14.3. The molecular weight excluding hydrogens is 986 g/mol. The van der Waals surface area contributed by atoms with Crippen LogP contribution in [0.5, 0.6) is 0 Å². The van der Waals surface area contributed by atoms with Crippen LogP contribution in [0, 0.1) is 0 Å². The second kappa shape index (κ2) is 31.3. The Bertz CT molecular complexity index is 2570. The number of hydroxylamine groups is 1. The molecule has 0 radical (unpaired) electrons. The molecule has 22 heteroatoms. The minimum atomic E-state index is -4.71. The van der Waals surface area contributed by atoms with Crippen molar-refractivity contribution in [2.24, 2.45) is 5.73 Å². The van der Waals surface area contributed by atoms with Gasteiger partial charge in [-0.2, -0.15) is 5.48 Å². The number of nitrogens with two attached hydrogens (primary N) is 1. The average molecular weight is 1070 g/mol. The fraction of sp³-hybridized carbons (Fsp3) is 0.569. The third-order valence-corrected chi connectivity index (χ3v) is 15.1. The molecule has 0 aliphatic heterocycles. The van der Waals surface area contributed by atoms with Gasteiger partial charge in [-0.25, -0.2) is 31.1 Å². The maximum absolute atomic E-state index is 14.3. The number of carbonyl (C=O) groups excluding carboxylic acids is 2. The Kier molecular flexibility index (Phi) is 26.1. The first-order valence-electron chi connectivity index (χ1n) is 25.5. The summed E-state index contributed by atoms with van der Waals surface area (Å²) in [6.45, 7) is 5.13. The highest BCUT2D eigenvalue weighted by molar-refractivity contribution is 7.90. The predicted molar refractivity (Wildman–Crippen MR) is 287 cm³/mol. The van der Waals surface area contributed by atoms with Gasteiger partial charge in [-0.15, -0.1) is 13.2 Å². The molecule has 0 bridgehead atoms. The van der Waals surface area contributed by atoms with Crippen LogP contribution < -0.4 is 51.7 Å². The van der Waals surface area contributed by atoms with E-state index in [1.165, 1.54) is 0 Å². The van der Waals surface area contributed by atoms with Crippen LogP contribution in [0.25, 0.3) is 32.7 Å². The number of hydrogen-bond acceptors (Lipinski definition) is 13. The van der Waals surface area contributed by atoms with Crippen LogP contribution >= 0.6 is 0 Å². The first kappa shape index (κ1) is 60.9. The predicted octanol–water partition coefficient (Wildman–Crippen LogP) is 6.22. The normalized spacial score (nSPS) is 12.2. The first-order valence-corrected chi connectivity index (χ1v) is 28.4. The van der Waals surface area contributed by atoms with Crippen molar-refractivity contribution in [3.05, 3.63) is 60.7 Å². The van der Waals surface area contributed by atoms with Crippen LogP contribution in [0.4, 0.5) is 24.5 Å². The largest absolute Gasteiger partial charge is 0.538 e. The molecule has 17 nitrogen and oxygen atoms in total. The minimum absolute atomic E-state index is 0.0247. The molecule has 0 aliphatic rings. The molecule has 0 saturated carbocycles. The summed E-state index contributed by atoms with van der Waals surface area (Å²) in [5, 5.41) is 14.7. The van der Waals surface area contributed by atoms with E-state index in [0.29, 0.717) is 130 Å². The van der Waals surface area contributed by atoms with Gasteiger partial charge in [0, 0.05) is 107 Å². The van der Waals surface area contributed by atoms with E-state index in [0.717, 1.165) is 43.7 Å². The Hall–Kier alpha value is -4.65. The molecule has 9 N–H and O–H groups in total. The number of unbranched alkanes of at least 4 members (excludes halogenated alkanes) is 6. The summed E-state index contributed by atoms with van der Waals surface area (Å²) in [6, 6.07) is 17.9. The molecule has 0 fully saturated rings. The molecule has 4 rings (SSSR count). The van der Waals surface area contributed by atoms with Crippen molar-refractivity contribution >= 4 is 64.8 Å². The molecule has 0 aromatic heterocycles. The summed E-state index contributed by atoms with van der Waals surface area (Å²) in [5.74, 6) is -0.129. The number of alkyl halides is 3. The topological polar surface area (TPSA) is 228 Å². The summed E-state index contributed by atoms with van der Waals surface area (Å²) < 4.78 is 98.8. The highest BCUT2D eigenvalue weighted by Gasteiger charge is 2.29. The number of amides is 2. The third-order valence-electron chi connectivity index (χ3n) is 12.1. The van der Waals surface area contributed by atoms with E-state index in [4.69, 9.17) is 5.73 Å². The third kappa shape index (κ3) is 20.9. The minimum Gasteiger partial charge on any atom is -0.377 e. The summed E-state index contributed by atoms with van der Waals surface area (Å²) >= 11 is 0. The van der Waals surface area contributed by atoms with Crippen LogP contribution in [0.1, 0.15) is 89.9 Å². The number of carbonyl (C=O) groups is 2. The zero-order valence-electron chi connectivity index (χ0n) is 43.0. The van der Waals surface area contributed by atoms with E-state index in [2.05, 4.69) is 35.5 Å². The van der Waals surface area contributed by atoms with Crippen LogP contribution in [-0.2, 0) is 34.5 Å². The second-order valence-electron chi connectivity index (χ2n) is 18.4. The molecule has 0 spiro atoms. The van der Waals surface area contributed by atoms with E-state index >= 15 is 0 Å². The SMILES string of the molecule is CN(C)c1cccc2c(S(=O)(=O)NCCCCCC(=O)NCCCNCCCCNOC(F)(F)F)cc(-c3ccc(N(C)C)c4cccc(S(=O)(=O)NCCCCCC(=O)NCCCNCCCCN)c34)cc12. The van der Waals surface area contributed by atoms with Gasteiger partial charge in [0.2, 0.25) is 31.9 Å². The standard InChI is InChI=1S/C51H79F3N10O7S2/c1-63(2)44-21-15-19-41-43(44)37-39(38-47(41)73(69,70)62-36-11-6-8-24-49(66)59-33-18-31-57-29-13-14-34-60-71-51(52,53)54)40-25-26-45(64(3)4)42-20-16-22-46(50(40)42)72(67,68)61-35-10-5-7-23-48(65)58-32-17-30-56-28-12-9-27-55/h15-16,19-22,25-26,37-38,56-57,60-62H,5-14,17-18,23-24,27-36,55H2,1-4H3,(H,58,65)(H,59,66).